The Morgan fingerprint density at radius 3 is 2.09 bits per heavy atom. The zero-order valence-electron chi connectivity index (χ0n) is 20.0. The van der Waals surface area contributed by atoms with Gasteiger partial charge in [-0.1, -0.05) is 30.3 Å². The molecular formula is C27H33NO7. The van der Waals surface area contributed by atoms with Crippen LogP contribution in [0.5, 0.6) is 5.75 Å². The Kier molecular flexibility index (Phi) is 12.1. The number of nitrogens with zero attached hydrogens (tertiary/aromatic N) is 1. The van der Waals surface area contributed by atoms with Crippen molar-refractivity contribution >= 4 is 17.9 Å². The van der Waals surface area contributed by atoms with Crippen LogP contribution in [0.3, 0.4) is 0 Å². The number of esters is 1. The van der Waals surface area contributed by atoms with Crippen LogP contribution in [-0.4, -0.2) is 59.3 Å². The van der Waals surface area contributed by atoms with Crippen LogP contribution in [0.2, 0.25) is 0 Å². The highest BCUT2D eigenvalue weighted by molar-refractivity contribution is 5.90. The predicted molar refractivity (Wildman–Crippen MR) is 131 cm³/mol. The van der Waals surface area contributed by atoms with Crippen molar-refractivity contribution in [1.82, 2.24) is 4.90 Å². The summed E-state index contributed by atoms with van der Waals surface area (Å²) in [6.07, 6.45) is 4.67. The topological polar surface area (TPSA) is 113 Å². The van der Waals surface area contributed by atoms with Crippen molar-refractivity contribution in [2.75, 3.05) is 26.3 Å². The molecule has 0 spiro atoms. The van der Waals surface area contributed by atoms with Gasteiger partial charge >= 0.3 is 17.9 Å². The fourth-order valence-electron chi connectivity index (χ4n) is 3.66. The minimum absolute atomic E-state index is 0.286. The molecule has 3 rings (SSSR count). The third-order valence-electron chi connectivity index (χ3n) is 5.48. The molecule has 2 aromatic rings. The second kappa shape index (κ2) is 15.3. The zero-order valence-corrected chi connectivity index (χ0v) is 20.0. The lowest BCUT2D eigenvalue weighted by Crippen LogP contribution is -2.33. The van der Waals surface area contributed by atoms with Gasteiger partial charge < -0.3 is 19.7 Å². The first-order chi connectivity index (χ1) is 16.9. The molecule has 1 aliphatic rings. The fourth-order valence-corrected chi connectivity index (χ4v) is 3.66. The number of hydrogen-bond acceptors (Lipinski definition) is 6. The van der Waals surface area contributed by atoms with Gasteiger partial charge in [0.05, 0.1) is 18.8 Å². The van der Waals surface area contributed by atoms with E-state index < -0.39 is 11.9 Å². The van der Waals surface area contributed by atoms with Crippen molar-refractivity contribution in [3.8, 4) is 5.75 Å². The first-order valence-corrected chi connectivity index (χ1v) is 11.7. The van der Waals surface area contributed by atoms with Crippen molar-refractivity contribution in [3.05, 3.63) is 77.9 Å². The van der Waals surface area contributed by atoms with Gasteiger partial charge in [0, 0.05) is 18.7 Å². The first-order valence-electron chi connectivity index (χ1n) is 11.7. The summed E-state index contributed by atoms with van der Waals surface area (Å²) in [6, 6.07) is 17.9. The number of piperidine rings is 1. The average Bonchev–Trinajstić information content (AvgIpc) is 2.85. The second-order valence-corrected chi connectivity index (χ2v) is 8.10. The molecular weight excluding hydrogens is 450 g/mol. The van der Waals surface area contributed by atoms with E-state index in [1.165, 1.54) is 18.4 Å². The van der Waals surface area contributed by atoms with E-state index in [1.807, 2.05) is 19.1 Å². The first kappa shape index (κ1) is 27.6. The molecule has 8 nitrogen and oxygen atoms in total. The predicted octanol–water partition coefficient (Wildman–Crippen LogP) is 4.26. The van der Waals surface area contributed by atoms with Crippen LogP contribution in [0.1, 0.15) is 42.1 Å². The van der Waals surface area contributed by atoms with Crippen molar-refractivity contribution in [2.24, 2.45) is 5.92 Å². The van der Waals surface area contributed by atoms with Crippen LogP contribution in [0, 0.1) is 5.92 Å². The monoisotopic (exact) mass is 483 g/mol. The minimum atomic E-state index is -1.26. The fraction of sp³-hybridized carbons (Fsp3) is 0.370. The van der Waals surface area contributed by atoms with Gasteiger partial charge in [0.15, 0.2) is 0 Å². The van der Waals surface area contributed by atoms with Gasteiger partial charge in [-0.2, -0.15) is 0 Å². The Morgan fingerprint density at radius 1 is 0.943 bits per heavy atom. The summed E-state index contributed by atoms with van der Waals surface area (Å²) in [7, 11) is 0. The smallest absolute Gasteiger partial charge is 0.338 e. The Morgan fingerprint density at radius 2 is 1.54 bits per heavy atom. The number of carbonyl (C=O) groups is 3. The summed E-state index contributed by atoms with van der Waals surface area (Å²) < 4.78 is 10.9. The van der Waals surface area contributed by atoms with Crippen molar-refractivity contribution in [2.45, 2.75) is 32.7 Å². The number of carboxylic acid groups (broad SMARTS) is 2. The number of aliphatic carboxylic acids is 2. The summed E-state index contributed by atoms with van der Waals surface area (Å²) in [5, 5.41) is 15.6. The largest absolute Gasteiger partial charge is 0.494 e. The van der Waals surface area contributed by atoms with E-state index in [0.29, 0.717) is 24.3 Å². The maximum Gasteiger partial charge on any atom is 0.338 e. The molecule has 2 aromatic carbocycles. The van der Waals surface area contributed by atoms with Crippen molar-refractivity contribution in [3.63, 3.8) is 0 Å². The molecule has 1 heterocycles. The summed E-state index contributed by atoms with van der Waals surface area (Å²) in [5.41, 5.74) is 1.96. The molecule has 0 radical (unpaired) electrons. The number of ether oxygens (including phenoxy) is 2. The van der Waals surface area contributed by atoms with Crippen molar-refractivity contribution in [1.29, 1.82) is 0 Å². The number of carbonyl (C=O) groups excluding carboxylic acids is 1. The lowest BCUT2D eigenvalue weighted by Gasteiger charge is -2.32. The molecule has 0 saturated carbocycles. The highest BCUT2D eigenvalue weighted by atomic mass is 16.5. The van der Waals surface area contributed by atoms with Crippen LogP contribution in [0.15, 0.2) is 66.7 Å². The number of hydrogen-bond donors (Lipinski definition) is 2. The Hall–Kier alpha value is -3.65. The zero-order chi connectivity index (χ0) is 25.5. The van der Waals surface area contributed by atoms with Crippen LogP contribution in [0.4, 0.5) is 0 Å². The van der Waals surface area contributed by atoms with Crippen LogP contribution >= 0.6 is 0 Å². The van der Waals surface area contributed by atoms with E-state index >= 15 is 0 Å². The van der Waals surface area contributed by atoms with E-state index in [4.69, 9.17) is 19.7 Å². The standard InChI is InChI=1S/C23H29NO3.C4H4O4/c1-2-26-23(25)21-8-10-22(11-9-21)27-17-14-19-12-15-24(16-13-19)18-20-6-4-3-5-7-20;5-3(6)1-2-4(7)8/h3-11,19H,2,12-18H2,1H3;1-2H,(H,5,6)(H,7,8)/b;2-1-. The second-order valence-electron chi connectivity index (χ2n) is 8.10. The maximum atomic E-state index is 11.7. The molecule has 0 atom stereocenters. The van der Waals surface area contributed by atoms with Gasteiger partial charge in [-0.15, -0.1) is 0 Å². The van der Waals surface area contributed by atoms with Gasteiger partial charge in [-0.25, -0.2) is 14.4 Å². The summed E-state index contributed by atoms with van der Waals surface area (Å²) >= 11 is 0. The average molecular weight is 484 g/mol. The molecule has 1 saturated heterocycles. The van der Waals surface area contributed by atoms with Gasteiger partial charge in [0.25, 0.3) is 0 Å². The van der Waals surface area contributed by atoms with Crippen LogP contribution in [-0.2, 0) is 20.9 Å². The van der Waals surface area contributed by atoms with Gasteiger partial charge in [-0.05, 0) is 75.0 Å². The molecule has 2 N–H and O–H groups in total. The molecule has 8 heteroatoms. The quantitative estimate of drug-likeness (QED) is 0.381. The number of likely N-dealkylation sites (tertiary alicyclic amines) is 1. The van der Waals surface area contributed by atoms with Gasteiger partial charge in [-0.3, -0.25) is 4.90 Å². The minimum Gasteiger partial charge on any atom is -0.494 e. The maximum absolute atomic E-state index is 11.7. The molecule has 0 aliphatic carbocycles. The normalized spacial score (nSPS) is 14.1. The molecule has 0 aromatic heterocycles. The molecule has 35 heavy (non-hydrogen) atoms. The van der Waals surface area contributed by atoms with E-state index in [2.05, 4.69) is 35.2 Å². The lowest BCUT2D eigenvalue weighted by molar-refractivity contribution is -0.134. The lowest BCUT2D eigenvalue weighted by atomic mass is 9.93. The van der Waals surface area contributed by atoms with Gasteiger partial charge in [0.2, 0.25) is 0 Å². The third-order valence-corrected chi connectivity index (χ3v) is 5.48. The van der Waals surface area contributed by atoms with E-state index in [1.54, 1.807) is 12.1 Å². The molecule has 0 unspecified atom stereocenters. The highest BCUT2D eigenvalue weighted by Crippen LogP contribution is 2.22. The van der Waals surface area contributed by atoms with E-state index in [9.17, 15) is 14.4 Å². The molecule has 0 amide bonds. The Labute approximate surface area is 205 Å². The number of benzene rings is 2. The van der Waals surface area contributed by atoms with E-state index in [-0.39, 0.29) is 5.97 Å². The van der Waals surface area contributed by atoms with Crippen molar-refractivity contribution < 1.29 is 34.1 Å². The summed E-state index contributed by atoms with van der Waals surface area (Å²) in [5.74, 6) is -1.26. The van der Waals surface area contributed by atoms with E-state index in [0.717, 1.165) is 44.3 Å². The molecule has 1 fully saturated rings. The molecule has 1 aliphatic heterocycles. The summed E-state index contributed by atoms with van der Waals surface area (Å²) in [6.45, 7) is 6.30. The Balaban J connectivity index is 0.000000466. The van der Waals surface area contributed by atoms with Gasteiger partial charge in [0.1, 0.15) is 5.75 Å². The number of rotatable bonds is 10. The number of carboxylic acids is 2. The third kappa shape index (κ3) is 11.4. The molecule has 188 valence electrons. The summed E-state index contributed by atoms with van der Waals surface area (Å²) in [4.78, 5) is 33.3. The Bertz CT molecular complexity index is 933. The molecule has 0 bridgehead atoms. The highest BCUT2D eigenvalue weighted by Gasteiger charge is 2.19. The van der Waals surface area contributed by atoms with Crippen LogP contribution < -0.4 is 4.74 Å². The van der Waals surface area contributed by atoms with Crippen LogP contribution in [0.25, 0.3) is 0 Å². The SMILES string of the molecule is CCOC(=O)c1ccc(OCCC2CCN(Cc3ccccc3)CC2)cc1.O=C(O)/C=C\C(=O)O.